The lowest BCUT2D eigenvalue weighted by atomic mass is 9.96. The molecule has 2 aromatic heterocycles. The molecule has 3 rings (SSSR count). The monoisotopic (exact) mass is 275 g/mol. The lowest BCUT2D eigenvalue weighted by Crippen LogP contribution is -2.29. The van der Waals surface area contributed by atoms with Crippen molar-refractivity contribution in [3.63, 3.8) is 0 Å². The summed E-state index contributed by atoms with van der Waals surface area (Å²) in [5, 5.41) is 9.62. The van der Waals surface area contributed by atoms with Crippen LogP contribution in [-0.2, 0) is 0 Å². The Balaban J connectivity index is 1.84. The van der Waals surface area contributed by atoms with Gasteiger partial charge in [0.25, 0.3) is 0 Å². The summed E-state index contributed by atoms with van der Waals surface area (Å²) >= 11 is 1.59. The number of rotatable bonds is 3. The van der Waals surface area contributed by atoms with Crippen LogP contribution in [-0.4, -0.2) is 28.0 Å². The van der Waals surface area contributed by atoms with Crippen LogP contribution in [0.2, 0.25) is 0 Å². The molecule has 2 N–H and O–H groups in total. The number of piperidine rings is 1. The molecule has 0 aromatic carbocycles. The normalized spacial score (nSPS) is 19.3. The predicted molar refractivity (Wildman–Crippen MR) is 77.0 cm³/mol. The van der Waals surface area contributed by atoms with E-state index >= 15 is 0 Å². The number of anilines is 2. The number of nitrogens with zero attached hydrogens (tertiary/aromatic N) is 3. The number of hydrogen-bond donors (Lipinski definition) is 2. The lowest BCUT2D eigenvalue weighted by Gasteiger charge is -2.23. The molecule has 0 spiro atoms. The van der Waals surface area contributed by atoms with Gasteiger partial charge in [-0.25, -0.2) is 9.97 Å². The van der Waals surface area contributed by atoms with Crippen molar-refractivity contribution < 1.29 is 0 Å². The molecule has 0 amide bonds. The summed E-state index contributed by atoms with van der Waals surface area (Å²) < 4.78 is 0. The highest BCUT2D eigenvalue weighted by Crippen LogP contribution is 2.28. The van der Waals surface area contributed by atoms with E-state index in [2.05, 4.69) is 25.6 Å². The van der Waals surface area contributed by atoms with Crippen LogP contribution in [0.15, 0.2) is 17.8 Å². The van der Waals surface area contributed by atoms with Gasteiger partial charge in [0, 0.05) is 30.2 Å². The van der Waals surface area contributed by atoms with Crippen LogP contribution in [0.25, 0.3) is 0 Å². The average Bonchev–Trinajstić information content (AvgIpc) is 2.86. The minimum Gasteiger partial charge on any atom is -0.316 e. The number of hydrogen-bond acceptors (Lipinski definition) is 6. The Morgan fingerprint density at radius 1 is 1.37 bits per heavy atom. The van der Waals surface area contributed by atoms with Gasteiger partial charge in [0.05, 0.1) is 11.4 Å². The van der Waals surface area contributed by atoms with Crippen molar-refractivity contribution in [2.24, 2.45) is 0 Å². The molecule has 1 aliphatic heterocycles. The van der Waals surface area contributed by atoms with Crippen molar-refractivity contribution in [3.8, 4) is 0 Å². The first kappa shape index (κ1) is 12.5. The minimum atomic E-state index is 0.436. The van der Waals surface area contributed by atoms with E-state index in [0.29, 0.717) is 5.92 Å². The fourth-order valence-electron chi connectivity index (χ4n) is 2.34. The first-order valence-corrected chi connectivity index (χ1v) is 7.41. The Morgan fingerprint density at radius 2 is 2.26 bits per heavy atom. The molecular weight excluding hydrogens is 258 g/mol. The van der Waals surface area contributed by atoms with Crippen molar-refractivity contribution in [1.29, 1.82) is 0 Å². The first-order chi connectivity index (χ1) is 9.33. The van der Waals surface area contributed by atoms with Gasteiger partial charge in [0.2, 0.25) is 0 Å². The van der Waals surface area contributed by atoms with Crippen LogP contribution >= 0.6 is 11.3 Å². The fraction of sp³-hybridized carbons (Fsp3) is 0.462. The molecule has 2 aromatic rings. The maximum Gasteiger partial charge on any atom is 0.188 e. The molecule has 1 fully saturated rings. The Kier molecular flexibility index (Phi) is 3.70. The first-order valence-electron chi connectivity index (χ1n) is 6.53. The number of aromatic nitrogens is 3. The van der Waals surface area contributed by atoms with E-state index in [9.17, 15) is 0 Å². The summed E-state index contributed by atoms with van der Waals surface area (Å²) in [6.07, 6.45) is 5.85. The zero-order valence-electron chi connectivity index (χ0n) is 10.9. The van der Waals surface area contributed by atoms with E-state index in [1.165, 1.54) is 6.42 Å². The summed E-state index contributed by atoms with van der Waals surface area (Å²) in [5.41, 5.74) is 2.07. The van der Waals surface area contributed by atoms with Gasteiger partial charge in [-0.05, 0) is 26.3 Å². The highest BCUT2D eigenvalue weighted by molar-refractivity contribution is 7.13. The molecule has 6 heteroatoms. The highest BCUT2D eigenvalue weighted by Gasteiger charge is 2.20. The SMILES string of the molecule is Cc1csc(Nc2nccnc2C2CCCNC2)n1. The van der Waals surface area contributed by atoms with Gasteiger partial charge in [-0.2, -0.15) is 0 Å². The van der Waals surface area contributed by atoms with Gasteiger partial charge in [-0.3, -0.25) is 4.98 Å². The zero-order valence-corrected chi connectivity index (χ0v) is 11.7. The summed E-state index contributed by atoms with van der Waals surface area (Å²) in [7, 11) is 0. The number of aryl methyl sites for hydroxylation is 1. The molecule has 0 bridgehead atoms. The molecule has 1 atom stereocenters. The quantitative estimate of drug-likeness (QED) is 0.901. The van der Waals surface area contributed by atoms with E-state index in [0.717, 1.165) is 41.8 Å². The second-order valence-corrected chi connectivity index (χ2v) is 5.61. The summed E-state index contributed by atoms with van der Waals surface area (Å²) in [6.45, 7) is 4.07. The van der Waals surface area contributed by atoms with Gasteiger partial charge in [-0.1, -0.05) is 0 Å². The molecule has 0 aliphatic carbocycles. The molecule has 0 saturated carbocycles. The Bertz CT molecular complexity index is 547. The third-order valence-electron chi connectivity index (χ3n) is 3.25. The van der Waals surface area contributed by atoms with Gasteiger partial charge >= 0.3 is 0 Å². The summed E-state index contributed by atoms with van der Waals surface area (Å²) in [6, 6.07) is 0. The van der Waals surface area contributed by atoms with E-state index < -0.39 is 0 Å². The molecule has 1 saturated heterocycles. The summed E-state index contributed by atoms with van der Waals surface area (Å²) in [4.78, 5) is 13.4. The van der Waals surface area contributed by atoms with Gasteiger partial charge in [-0.15, -0.1) is 11.3 Å². The van der Waals surface area contributed by atoms with Crippen LogP contribution in [0, 0.1) is 6.92 Å². The Labute approximate surface area is 116 Å². The lowest BCUT2D eigenvalue weighted by molar-refractivity contribution is 0.455. The predicted octanol–water partition coefficient (Wildman–Crippen LogP) is 2.45. The highest BCUT2D eigenvalue weighted by atomic mass is 32.1. The van der Waals surface area contributed by atoms with E-state index in [-0.39, 0.29) is 0 Å². The molecule has 5 nitrogen and oxygen atoms in total. The van der Waals surface area contributed by atoms with Gasteiger partial charge < -0.3 is 10.6 Å². The van der Waals surface area contributed by atoms with Crippen LogP contribution in [0.4, 0.5) is 10.9 Å². The van der Waals surface area contributed by atoms with Crippen molar-refractivity contribution in [2.75, 3.05) is 18.4 Å². The molecule has 3 heterocycles. The molecule has 1 aliphatic rings. The Morgan fingerprint density at radius 3 is 3.00 bits per heavy atom. The third-order valence-corrected chi connectivity index (χ3v) is 4.13. The zero-order chi connectivity index (χ0) is 13.1. The van der Waals surface area contributed by atoms with Crippen LogP contribution < -0.4 is 10.6 Å². The fourth-order valence-corrected chi connectivity index (χ4v) is 3.03. The van der Waals surface area contributed by atoms with Crippen molar-refractivity contribution in [3.05, 3.63) is 29.2 Å². The topological polar surface area (TPSA) is 62.7 Å². The number of nitrogens with one attached hydrogen (secondary N) is 2. The standard InChI is InChI=1S/C13H17N5S/c1-9-8-19-13(17-9)18-12-11(15-5-6-16-12)10-3-2-4-14-7-10/h5-6,8,10,14H,2-4,7H2,1H3,(H,16,17,18). The van der Waals surface area contributed by atoms with Crippen LogP contribution in [0.5, 0.6) is 0 Å². The van der Waals surface area contributed by atoms with Crippen molar-refractivity contribution in [2.45, 2.75) is 25.7 Å². The van der Waals surface area contributed by atoms with Gasteiger partial charge in [0.1, 0.15) is 0 Å². The van der Waals surface area contributed by atoms with E-state index in [1.807, 2.05) is 12.3 Å². The molecule has 100 valence electrons. The van der Waals surface area contributed by atoms with E-state index in [4.69, 9.17) is 0 Å². The third kappa shape index (κ3) is 2.90. The number of thiazole rings is 1. The Hall–Kier alpha value is -1.53. The molecule has 19 heavy (non-hydrogen) atoms. The van der Waals surface area contributed by atoms with Crippen LogP contribution in [0.3, 0.4) is 0 Å². The maximum atomic E-state index is 4.52. The maximum absolute atomic E-state index is 4.52. The second kappa shape index (κ2) is 5.63. The smallest absolute Gasteiger partial charge is 0.188 e. The summed E-state index contributed by atoms with van der Waals surface area (Å²) in [5.74, 6) is 1.27. The van der Waals surface area contributed by atoms with Crippen molar-refractivity contribution >= 4 is 22.3 Å². The van der Waals surface area contributed by atoms with Gasteiger partial charge in [0.15, 0.2) is 10.9 Å². The largest absolute Gasteiger partial charge is 0.316 e. The molecule has 1 unspecified atom stereocenters. The minimum absolute atomic E-state index is 0.436. The van der Waals surface area contributed by atoms with Crippen molar-refractivity contribution in [1.82, 2.24) is 20.3 Å². The molecular formula is C13H17N5S. The average molecular weight is 275 g/mol. The molecule has 0 radical (unpaired) electrons. The van der Waals surface area contributed by atoms with E-state index in [1.54, 1.807) is 23.7 Å². The van der Waals surface area contributed by atoms with Crippen LogP contribution in [0.1, 0.15) is 30.1 Å². The second-order valence-electron chi connectivity index (χ2n) is 4.75.